The fourth-order valence-electron chi connectivity index (χ4n) is 2.26. The van der Waals surface area contributed by atoms with Crippen molar-refractivity contribution in [1.82, 2.24) is 4.90 Å². The van der Waals surface area contributed by atoms with E-state index in [1.807, 2.05) is 31.2 Å². The molecule has 2 rings (SSSR count). The monoisotopic (exact) mass is 285 g/mol. The number of hydrogen-bond donors (Lipinski definition) is 1. The third-order valence-electron chi connectivity index (χ3n) is 3.55. The van der Waals surface area contributed by atoms with Gasteiger partial charge in [0.2, 0.25) is 5.91 Å². The molecule has 0 saturated carbocycles. The van der Waals surface area contributed by atoms with E-state index < -0.39 is 0 Å². The topological polar surface area (TPSA) is 35.6 Å². The van der Waals surface area contributed by atoms with Gasteiger partial charge in [-0.3, -0.25) is 4.79 Å². The van der Waals surface area contributed by atoms with Crippen LogP contribution in [0.3, 0.4) is 0 Å². The van der Waals surface area contributed by atoms with Crippen molar-refractivity contribution < 1.29 is 4.79 Å². The molecule has 1 aliphatic heterocycles. The lowest BCUT2D eigenvalue weighted by Gasteiger charge is -2.34. The lowest BCUT2D eigenvalue weighted by Crippen LogP contribution is -2.44. The second kappa shape index (κ2) is 7.64. The Morgan fingerprint density at radius 3 is 2.38 bits per heavy atom. The van der Waals surface area contributed by atoms with Gasteiger partial charge in [-0.2, -0.15) is 0 Å². The average Bonchev–Trinajstić information content (AvgIpc) is 2.49. The van der Waals surface area contributed by atoms with Crippen LogP contribution in [-0.4, -0.2) is 44.0 Å². The van der Waals surface area contributed by atoms with Gasteiger partial charge in [-0.25, -0.2) is 0 Å². The van der Waals surface area contributed by atoms with Crippen LogP contribution >= 0.6 is 0 Å². The first kappa shape index (κ1) is 15.3. The predicted octanol–water partition coefficient (Wildman–Crippen LogP) is 2.51. The summed E-state index contributed by atoms with van der Waals surface area (Å²) in [5.41, 5.74) is 2.04. The SMILES string of the molecule is CC=CC=CC(=O)Nc1ccc(N2CCN(C)CC2)cc1. The fourth-order valence-corrected chi connectivity index (χ4v) is 2.26. The summed E-state index contributed by atoms with van der Waals surface area (Å²) in [6.45, 7) is 6.20. The van der Waals surface area contributed by atoms with E-state index in [0.717, 1.165) is 31.9 Å². The second-order valence-corrected chi connectivity index (χ2v) is 5.21. The Morgan fingerprint density at radius 1 is 1.10 bits per heavy atom. The van der Waals surface area contributed by atoms with E-state index in [-0.39, 0.29) is 5.91 Å². The van der Waals surface area contributed by atoms with Gasteiger partial charge in [0, 0.05) is 43.6 Å². The number of rotatable bonds is 4. The van der Waals surface area contributed by atoms with E-state index in [1.165, 1.54) is 11.8 Å². The van der Waals surface area contributed by atoms with Gasteiger partial charge in [-0.05, 0) is 38.2 Å². The molecule has 1 saturated heterocycles. The summed E-state index contributed by atoms with van der Waals surface area (Å²) < 4.78 is 0. The number of amides is 1. The van der Waals surface area contributed by atoms with E-state index in [4.69, 9.17) is 0 Å². The maximum absolute atomic E-state index is 11.7. The summed E-state index contributed by atoms with van der Waals surface area (Å²) in [6, 6.07) is 8.04. The molecule has 4 heteroatoms. The molecular formula is C17H23N3O. The van der Waals surface area contributed by atoms with Crippen LogP contribution in [0.25, 0.3) is 0 Å². The zero-order valence-corrected chi connectivity index (χ0v) is 12.7. The predicted molar refractivity (Wildman–Crippen MR) is 88.7 cm³/mol. The molecule has 21 heavy (non-hydrogen) atoms. The largest absolute Gasteiger partial charge is 0.369 e. The normalized spacial score (nSPS) is 16.8. The minimum absolute atomic E-state index is 0.111. The summed E-state index contributed by atoms with van der Waals surface area (Å²) in [6.07, 6.45) is 6.97. The summed E-state index contributed by atoms with van der Waals surface area (Å²) in [4.78, 5) is 16.4. The molecule has 0 unspecified atom stereocenters. The lowest BCUT2D eigenvalue weighted by molar-refractivity contribution is -0.111. The van der Waals surface area contributed by atoms with Crippen LogP contribution in [0.2, 0.25) is 0 Å². The Kier molecular flexibility index (Phi) is 5.58. The third-order valence-corrected chi connectivity index (χ3v) is 3.55. The van der Waals surface area contributed by atoms with Crippen LogP contribution in [0.5, 0.6) is 0 Å². The van der Waals surface area contributed by atoms with Gasteiger partial charge >= 0.3 is 0 Å². The van der Waals surface area contributed by atoms with E-state index >= 15 is 0 Å². The maximum atomic E-state index is 11.7. The van der Waals surface area contributed by atoms with Crippen molar-refractivity contribution in [2.45, 2.75) is 6.92 Å². The van der Waals surface area contributed by atoms with Crippen LogP contribution in [0.1, 0.15) is 6.92 Å². The Morgan fingerprint density at radius 2 is 1.76 bits per heavy atom. The van der Waals surface area contributed by atoms with Gasteiger partial charge in [0.1, 0.15) is 0 Å². The quantitative estimate of drug-likeness (QED) is 0.682. The van der Waals surface area contributed by atoms with Gasteiger partial charge in [0.15, 0.2) is 0 Å². The number of piperazine rings is 1. The van der Waals surface area contributed by atoms with E-state index in [0.29, 0.717) is 0 Å². The highest BCUT2D eigenvalue weighted by molar-refractivity contribution is 5.99. The molecule has 0 radical (unpaired) electrons. The van der Waals surface area contributed by atoms with Gasteiger partial charge in [-0.15, -0.1) is 0 Å². The molecule has 1 aromatic carbocycles. The third kappa shape index (κ3) is 4.76. The number of carbonyl (C=O) groups is 1. The van der Waals surface area contributed by atoms with Crippen molar-refractivity contribution in [2.24, 2.45) is 0 Å². The summed E-state index contributed by atoms with van der Waals surface area (Å²) in [5.74, 6) is -0.111. The molecule has 0 spiro atoms. The number of nitrogens with zero attached hydrogens (tertiary/aromatic N) is 2. The van der Waals surface area contributed by atoms with Crippen molar-refractivity contribution in [3.63, 3.8) is 0 Å². The lowest BCUT2D eigenvalue weighted by atomic mass is 10.2. The number of anilines is 2. The fraction of sp³-hybridized carbons (Fsp3) is 0.353. The minimum Gasteiger partial charge on any atom is -0.369 e. The van der Waals surface area contributed by atoms with Gasteiger partial charge < -0.3 is 15.1 Å². The molecule has 0 atom stereocenters. The highest BCUT2D eigenvalue weighted by atomic mass is 16.1. The van der Waals surface area contributed by atoms with Crippen LogP contribution < -0.4 is 10.2 Å². The van der Waals surface area contributed by atoms with Crippen molar-refractivity contribution in [2.75, 3.05) is 43.4 Å². The van der Waals surface area contributed by atoms with Crippen LogP contribution in [0, 0.1) is 0 Å². The molecule has 0 aliphatic carbocycles. The molecule has 0 bridgehead atoms. The maximum Gasteiger partial charge on any atom is 0.248 e. The Balaban J connectivity index is 1.91. The molecule has 1 aliphatic rings. The highest BCUT2D eigenvalue weighted by Crippen LogP contribution is 2.19. The smallest absolute Gasteiger partial charge is 0.248 e. The average molecular weight is 285 g/mol. The second-order valence-electron chi connectivity index (χ2n) is 5.21. The number of nitrogens with one attached hydrogen (secondary N) is 1. The summed E-state index contributed by atoms with van der Waals surface area (Å²) in [5, 5.41) is 2.85. The summed E-state index contributed by atoms with van der Waals surface area (Å²) >= 11 is 0. The number of benzene rings is 1. The molecule has 1 N–H and O–H groups in total. The highest BCUT2D eigenvalue weighted by Gasteiger charge is 2.13. The van der Waals surface area contributed by atoms with E-state index in [2.05, 4.69) is 34.3 Å². The molecule has 1 aromatic rings. The van der Waals surface area contributed by atoms with Crippen molar-refractivity contribution in [3.05, 3.63) is 48.6 Å². The number of carbonyl (C=O) groups excluding carboxylic acids is 1. The van der Waals surface area contributed by atoms with Crippen LogP contribution in [0.4, 0.5) is 11.4 Å². The molecule has 1 heterocycles. The summed E-state index contributed by atoms with van der Waals surface area (Å²) in [7, 11) is 2.15. The van der Waals surface area contributed by atoms with Crippen molar-refractivity contribution >= 4 is 17.3 Å². The van der Waals surface area contributed by atoms with Crippen LogP contribution in [-0.2, 0) is 4.79 Å². The molecule has 0 aromatic heterocycles. The minimum atomic E-state index is -0.111. The molecule has 112 valence electrons. The van der Waals surface area contributed by atoms with Crippen LogP contribution in [0.15, 0.2) is 48.6 Å². The zero-order chi connectivity index (χ0) is 15.1. The number of hydrogen-bond acceptors (Lipinski definition) is 3. The molecule has 1 amide bonds. The molecular weight excluding hydrogens is 262 g/mol. The van der Waals surface area contributed by atoms with Gasteiger partial charge in [0.25, 0.3) is 0 Å². The van der Waals surface area contributed by atoms with Crippen molar-refractivity contribution in [1.29, 1.82) is 0 Å². The standard InChI is InChI=1S/C17H23N3O/c1-3-4-5-6-17(21)18-15-7-9-16(10-8-15)20-13-11-19(2)12-14-20/h3-10H,11-14H2,1-2H3,(H,18,21). The van der Waals surface area contributed by atoms with E-state index in [1.54, 1.807) is 6.08 Å². The van der Waals surface area contributed by atoms with Gasteiger partial charge in [-0.1, -0.05) is 18.2 Å². The Bertz CT molecular complexity index is 511. The van der Waals surface area contributed by atoms with Crippen molar-refractivity contribution in [3.8, 4) is 0 Å². The van der Waals surface area contributed by atoms with E-state index in [9.17, 15) is 4.79 Å². The number of allylic oxidation sites excluding steroid dienone is 3. The molecule has 4 nitrogen and oxygen atoms in total. The van der Waals surface area contributed by atoms with Gasteiger partial charge in [0.05, 0.1) is 0 Å². The zero-order valence-electron chi connectivity index (χ0n) is 12.7. The first-order chi connectivity index (χ1) is 10.2. The first-order valence-corrected chi connectivity index (χ1v) is 7.33. The molecule has 1 fully saturated rings. The first-order valence-electron chi connectivity index (χ1n) is 7.33. The Labute approximate surface area is 126 Å². The number of likely N-dealkylation sites (N-methyl/N-ethyl adjacent to an activating group) is 1. The Hall–Kier alpha value is -2.07.